The summed E-state index contributed by atoms with van der Waals surface area (Å²) >= 11 is 0. The third-order valence-electron chi connectivity index (χ3n) is 3.22. The molecule has 2 unspecified atom stereocenters. The third-order valence-corrected chi connectivity index (χ3v) is 3.22. The van der Waals surface area contributed by atoms with Crippen LogP contribution in [0.25, 0.3) is 0 Å². The zero-order valence-corrected chi connectivity index (χ0v) is 9.54. The van der Waals surface area contributed by atoms with E-state index in [1.807, 2.05) is 0 Å². The van der Waals surface area contributed by atoms with Gasteiger partial charge in [0.15, 0.2) is 0 Å². The van der Waals surface area contributed by atoms with E-state index in [-0.39, 0.29) is 0 Å². The Hall–Kier alpha value is -0.120. The molecule has 1 fully saturated rings. The first kappa shape index (κ1) is 12.0. The maximum Gasteiger partial charge on any atom is 0.0622 e. The van der Waals surface area contributed by atoms with Crippen LogP contribution in [0.15, 0.2) is 0 Å². The Kier molecular flexibility index (Phi) is 5.45. The fraction of sp³-hybridized carbons (Fsp3) is 1.00. The second-order valence-corrected chi connectivity index (χ2v) is 4.14. The van der Waals surface area contributed by atoms with Crippen LogP contribution in [0.1, 0.15) is 26.7 Å². The lowest BCUT2D eigenvalue weighted by atomic mass is 10.0. The van der Waals surface area contributed by atoms with Crippen LogP contribution in [0.2, 0.25) is 0 Å². The first-order valence-corrected chi connectivity index (χ1v) is 5.83. The third kappa shape index (κ3) is 3.23. The molecule has 3 heteroatoms. The molecule has 2 N–H and O–H groups in total. The van der Waals surface area contributed by atoms with Crippen LogP contribution in [0.5, 0.6) is 0 Å². The largest absolute Gasteiger partial charge is 0.378 e. The number of morpholine rings is 1. The predicted molar refractivity (Wildman–Crippen MR) is 59.3 cm³/mol. The molecule has 0 bridgehead atoms. The van der Waals surface area contributed by atoms with Gasteiger partial charge in [-0.3, -0.25) is 4.90 Å². The van der Waals surface area contributed by atoms with Crippen molar-refractivity contribution in [3.05, 3.63) is 0 Å². The van der Waals surface area contributed by atoms with Gasteiger partial charge in [0.1, 0.15) is 0 Å². The Morgan fingerprint density at radius 3 is 2.86 bits per heavy atom. The smallest absolute Gasteiger partial charge is 0.0622 e. The van der Waals surface area contributed by atoms with E-state index in [0.717, 1.165) is 32.8 Å². The second kappa shape index (κ2) is 6.38. The summed E-state index contributed by atoms with van der Waals surface area (Å²) in [5.41, 5.74) is 5.73. The lowest BCUT2D eigenvalue weighted by molar-refractivity contribution is -0.0151. The van der Waals surface area contributed by atoms with E-state index in [2.05, 4.69) is 18.7 Å². The van der Waals surface area contributed by atoms with Crippen molar-refractivity contribution in [2.75, 3.05) is 32.8 Å². The summed E-state index contributed by atoms with van der Waals surface area (Å²) in [5.74, 6) is 0.655. The number of ether oxygens (including phenoxy) is 1. The number of hydrogen-bond donors (Lipinski definition) is 1. The van der Waals surface area contributed by atoms with Crippen LogP contribution in [-0.4, -0.2) is 43.8 Å². The van der Waals surface area contributed by atoms with E-state index in [9.17, 15) is 0 Å². The normalized spacial score (nSPS) is 26.4. The van der Waals surface area contributed by atoms with E-state index >= 15 is 0 Å². The number of nitrogens with zero attached hydrogens (tertiary/aromatic N) is 1. The van der Waals surface area contributed by atoms with E-state index in [1.165, 1.54) is 12.8 Å². The van der Waals surface area contributed by atoms with Gasteiger partial charge in [0.05, 0.1) is 13.2 Å². The summed E-state index contributed by atoms with van der Waals surface area (Å²) in [7, 11) is 0. The molecule has 0 spiro atoms. The van der Waals surface area contributed by atoms with Crippen molar-refractivity contribution in [2.24, 2.45) is 11.7 Å². The lowest BCUT2D eigenvalue weighted by Crippen LogP contribution is -2.47. The Morgan fingerprint density at radius 2 is 2.29 bits per heavy atom. The van der Waals surface area contributed by atoms with Gasteiger partial charge in [-0.25, -0.2) is 0 Å². The first-order valence-electron chi connectivity index (χ1n) is 5.83. The van der Waals surface area contributed by atoms with Gasteiger partial charge in [-0.2, -0.15) is 0 Å². The van der Waals surface area contributed by atoms with Crippen molar-refractivity contribution in [2.45, 2.75) is 32.7 Å². The Balaban J connectivity index is 2.39. The van der Waals surface area contributed by atoms with Crippen LogP contribution in [0.4, 0.5) is 0 Å². The monoisotopic (exact) mass is 200 g/mol. The standard InChI is InChI=1S/C11H24N2O/c1-3-10(7-12)8-13-5-6-14-9-11(13)4-2/h10-11H,3-9,12H2,1-2H3. The average molecular weight is 200 g/mol. The van der Waals surface area contributed by atoms with E-state index in [0.29, 0.717) is 12.0 Å². The van der Waals surface area contributed by atoms with Crippen molar-refractivity contribution in [1.82, 2.24) is 4.90 Å². The maximum absolute atomic E-state index is 5.73. The molecule has 1 aliphatic rings. The van der Waals surface area contributed by atoms with Gasteiger partial charge >= 0.3 is 0 Å². The maximum atomic E-state index is 5.73. The van der Waals surface area contributed by atoms with Crippen molar-refractivity contribution < 1.29 is 4.74 Å². The molecule has 0 aromatic rings. The highest BCUT2D eigenvalue weighted by atomic mass is 16.5. The Bertz CT molecular complexity index is 148. The molecule has 0 aromatic carbocycles. The highest BCUT2D eigenvalue weighted by molar-refractivity contribution is 4.76. The van der Waals surface area contributed by atoms with Gasteiger partial charge in [-0.05, 0) is 18.9 Å². The quantitative estimate of drug-likeness (QED) is 0.722. The summed E-state index contributed by atoms with van der Waals surface area (Å²) < 4.78 is 5.48. The minimum Gasteiger partial charge on any atom is -0.378 e. The number of nitrogens with two attached hydrogens (primary N) is 1. The first-order chi connectivity index (χ1) is 6.81. The van der Waals surface area contributed by atoms with Gasteiger partial charge in [0.2, 0.25) is 0 Å². The minimum atomic E-state index is 0.615. The number of hydrogen-bond acceptors (Lipinski definition) is 3. The van der Waals surface area contributed by atoms with Crippen molar-refractivity contribution in [3.63, 3.8) is 0 Å². The van der Waals surface area contributed by atoms with Gasteiger partial charge in [-0.15, -0.1) is 0 Å². The van der Waals surface area contributed by atoms with Gasteiger partial charge in [0, 0.05) is 19.1 Å². The molecule has 1 rings (SSSR count). The predicted octanol–water partition coefficient (Wildman–Crippen LogP) is 1.08. The average Bonchev–Trinajstić information content (AvgIpc) is 2.26. The highest BCUT2D eigenvalue weighted by Gasteiger charge is 2.22. The van der Waals surface area contributed by atoms with E-state index in [4.69, 9.17) is 10.5 Å². The topological polar surface area (TPSA) is 38.5 Å². The molecule has 84 valence electrons. The molecule has 0 amide bonds. The molecule has 0 saturated carbocycles. The van der Waals surface area contributed by atoms with Gasteiger partial charge in [0.25, 0.3) is 0 Å². The van der Waals surface area contributed by atoms with Crippen LogP contribution in [-0.2, 0) is 4.74 Å². The number of rotatable bonds is 5. The molecule has 0 aliphatic carbocycles. The summed E-state index contributed by atoms with van der Waals surface area (Å²) in [6.45, 7) is 9.28. The lowest BCUT2D eigenvalue weighted by Gasteiger charge is -2.37. The SMILES string of the molecule is CCC(CN)CN1CCOCC1CC. The Labute approximate surface area is 87.6 Å². The van der Waals surface area contributed by atoms with Crippen LogP contribution < -0.4 is 5.73 Å². The summed E-state index contributed by atoms with van der Waals surface area (Å²) in [4.78, 5) is 2.55. The van der Waals surface area contributed by atoms with Crippen molar-refractivity contribution >= 4 is 0 Å². The minimum absolute atomic E-state index is 0.615. The summed E-state index contributed by atoms with van der Waals surface area (Å²) in [5, 5.41) is 0. The van der Waals surface area contributed by atoms with Crippen LogP contribution in [0, 0.1) is 5.92 Å². The zero-order chi connectivity index (χ0) is 10.4. The molecule has 1 aliphatic heterocycles. The van der Waals surface area contributed by atoms with Crippen LogP contribution >= 0.6 is 0 Å². The van der Waals surface area contributed by atoms with Crippen LogP contribution in [0.3, 0.4) is 0 Å². The molecule has 1 heterocycles. The molecular formula is C11H24N2O. The fourth-order valence-corrected chi connectivity index (χ4v) is 2.01. The highest BCUT2D eigenvalue weighted by Crippen LogP contribution is 2.13. The van der Waals surface area contributed by atoms with E-state index in [1.54, 1.807) is 0 Å². The molecule has 0 radical (unpaired) electrons. The van der Waals surface area contributed by atoms with Crippen molar-refractivity contribution in [3.8, 4) is 0 Å². The molecular weight excluding hydrogens is 176 g/mol. The summed E-state index contributed by atoms with van der Waals surface area (Å²) in [6, 6.07) is 0.615. The zero-order valence-electron chi connectivity index (χ0n) is 9.54. The molecule has 0 aromatic heterocycles. The molecule has 2 atom stereocenters. The van der Waals surface area contributed by atoms with E-state index < -0.39 is 0 Å². The fourth-order valence-electron chi connectivity index (χ4n) is 2.01. The molecule has 3 nitrogen and oxygen atoms in total. The van der Waals surface area contributed by atoms with Gasteiger partial charge in [-0.1, -0.05) is 20.3 Å². The second-order valence-electron chi connectivity index (χ2n) is 4.14. The Morgan fingerprint density at radius 1 is 1.50 bits per heavy atom. The van der Waals surface area contributed by atoms with Gasteiger partial charge < -0.3 is 10.5 Å². The molecule has 1 saturated heterocycles. The summed E-state index contributed by atoms with van der Waals surface area (Å²) in [6.07, 6.45) is 2.37. The molecule has 14 heavy (non-hydrogen) atoms. The van der Waals surface area contributed by atoms with Crippen molar-refractivity contribution in [1.29, 1.82) is 0 Å².